The van der Waals surface area contributed by atoms with Crippen LogP contribution < -0.4 is 4.74 Å². The van der Waals surface area contributed by atoms with Crippen molar-refractivity contribution in [3.05, 3.63) is 107 Å². The van der Waals surface area contributed by atoms with E-state index in [9.17, 15) is 10.1 Å². The van der Waals surface area contributed by atoms with Gasteiger partial charge in [-0.15, -0.1) is 0 Å². The molecular formula is C23H17NO2. The second kappa shape index (κ2) is 8.46. The van der Waals surface area contributed by atoms with E-state index >= 15 is 0 Å². The Morgan fingerprint density at radius 3 is 2.19 bits per heavy atom. The Hall–Kier alpha value is -3.64. The number of carbonyl (C=O) groups is 1. The van der Waals surface area contributed by atoms with Gasteiger partial charge in [-0.1, -0.05) is 78.9 Å². The molecule has 0 unspecified atom stereocenters. The number of rotatable bonds is 6. The van der Waals surface area contributed by atoms with Gasteiger partial charge >= 0.3 is 0 Å². The van der Waals surface area contributed by atoms with Crippen LogP contribution in [-0.2, 0) is 6.61 Å². The summed E-state index contributed by atoms with van der Waals surface area (Å²) in [5.41, 5.74) is 2.31. The highest BCUT2D eigenvalue weighted by molar-refractivity contribution is 6.14. The number of para-hydroxylation sites is 1. The van der Waals surface area contributed by atoms with Crippen LogP contribution in [0.3, 0.4) is 0 Å². The van der Waals surface area contributed by atoms with Crippen molar-refractivity contribution in [3.63, 3.8) is 0 Å². The third kappa shape index (κ3) is 4.25. The van der Waals surface area contributed by atoms with Gasteiger partial charge in [0.1, 0.15) is 24.0 Å². The molecule has 3 aromatic rings. The van der Waals surface area contributed by atoms with E-state index in [1.165, 1.54) is 0 Å². The van der Waals surface area contributed by atoms with Gasteiger partial charge in [0.25, 0.3) is 0 Å². The molecule has 0 heterocycles. The van der Waals surface area contributed by atoms with E-state index < -0.39 is 0 Å². The van der Waals surface area contributed by atoms with Crippen molar-refractivity contribution in [2.45, 2.75) is 6.61 Å². The quantitative estimate of drug-likeness (QED) is 0.358. The Kier molecular flexibility index (Phi) is 5.59. The molecule has 3 heteroatoms. The third-order valence-corrected chi connectivity index (χ3v) is 3.86. The molecule has 0 N–H and O–H groups in total. The smallest absolute Gasteiger partial charge is 0.203 e. The van der Waals surface area contributed by atoms with Crippen LogP contribution in [0, 0.1) is 11.3 Å². The number of nitrogens with zero attached hydrogens (tertiary/aromatic N) is 1. The summed E-state index contributed by atoms with van der Waals surface area (Å²) in [6, 6.07) is 28.0. The minimum atomic E-state index is -0.300. The molecule has 0 saturated carbocycles. The minimum absolute atomic E-state index is 0.0759. The first-order valence-electron chi connectivity index (χ1n) is 8.25. The lowest BCUT2D eigenvalue weighted by Crippen LogP contribution is -2.02. The van der Waals surface area contributed by atoms with Crippen molar-refractivity contribution in [3.8, 4) is 11.8 Å². The molecule has 3 rings (SSSR count). The minimum Gasteiger partial charge on any atom is -0.488 e. The molecule has 3 nitrogen and oxygen atoms in total. The summed E-state index contributed by atoms with van der Waals surface area (Å²) in [6.07, 6.45) is 1.58. The molecule has 0 saturated heterocycles. The molecule has 0 amide bonds. The molecule has 3 aromatic carbocycles. The molecule has 0 aliphatic heterocycles. The molecule has 126 valence electrons. The van der Waals surface area contributed by atoms with Gasteiger partial charge in [0.05, 0.1) is 0 Å². The maximum absolute atomic E-state index is 12.5. The second-order valence-corrected chi connectivity index (χ2v) is 5.68. The second-order valence-electron chi connectivity index (χ2n) is 5.68. The first kappa shape index (κ1) is 17.2. The summed E-state index contributed by atoms with van der Waals surface area (Å²) < 4.78 is 5.89. The van der Waals surface area contributed by atoms with Gasteiger partial charge in [0.2, 0.25) is 5.78 Å². The number of ketones is 1. The van der Waals surface area contributed by atoms with E-state index in [2.05, 4.69) is 0 Å². The molecule has 0 atom stereocenters. The normalized spacial score (nSPS) is 10.8. The highest BCUT2D eigenvalue weighted by Crippen LogP contribution is 2.23. The maximum atomic E-state index is 12.5. The SMILES string of the molecule is N#C/C(=C\c1ccccc1OCc1ccccc1)C(=O)c1ccccc1. The summed E-state index contributed by atoms with van der Waals surface area (Å²) >= 11 is 0. The number of hydrogen-bond acceptors (Lipinski definition) is 3. The highest BCUT2D eigenvalue weighted by Gasteiger charge is 2.13. The average molecular weight is 339 g/mol. The van der Waals surface area contributed by atoms with Gasteiger partial charge < -0.3 is 4.74 Å². The van der Waals surface area contributed by atoms with Crippen LogP contribution in [0.4, 0.5) is 0 Å². The Bertz CT molecular complexity index is 954. The fourth-order valence-electron chi connectivity index (χ4n) is 2.52. The summed E-state index contributed by atoms with van der Waals surface area (Å²) in [5, 5.41) is 9.44. The lowest BCUT2D eigenvalue weighted by molar-refractivity contribution is 0.104. The number of ether oxygens (including phenoxy) is 1. The largest absolute Gasteiger partial charge is 0.488 e. The van der Waals surface area contributed by atoms with Crippen LogP contribution in [0.2, 0.25) is 0 Å². The van der Waals surface area contributed by atoms with Crippen LogP contribution >= 0.6 is 0 Å². The Morgan fingerprint density at radius 2 is 1.50 bits per heavy atom. The van der Waals surface area contributed by atoms with Crippen molar-refractivity contribution in [1.82, 2.24) is 0 Å². The summed E-state index contributed by atoms with van der Waals surface area (Å²) in [5.74, 6) is 0.330. The van der Waals surface area contributed by atoms with Crippen LogP contribution in [0.15, 0.2) is 90.5 Å². The van der Waals surface area contributed by atoms with Crippen LogP contribution in [-0.4, -0.2) is 5.78 Å². The van der Waals surface area contributed by atoms with E-state index in [1.807, 2.05) is 66.7 Å². The number of benzene rings is 3. The Balaban J connectivity index is 1.85. The number of hydrogen-bond donors (Lipinski definition) is 0. The number of allylic oxidation sites excluding steroid dienone is 1. The van der Waals surface area contributed by atoms with E-state index in [-0.39, 0.29) is 11.4 Å². The van der Waals surface area contributed by atoms with E-state index in [0.717, 1.165) is 5.56 Å². The van der Waals surface area contributed by atoms with E-state index in [1.54, 1.807) is 30.3 Å². The van der Waals surface area contributed by atoms with Crippen molar-refractivity contribution < 1.29 is 9.53 Å². The molecule has 0 aromatic heterocycles. The predicted molar refractivity (Wildman–Crippen MR) is 102 cm³/mol. The standard InChI is InChI=1S/C23H17NO2/c24-16-21(23(25)19-11-5-2-6-12-19)15-20-13-7-8-14-22(20)26-17-18-9-3-1-4-10-18/h1-15H,17H2/b21-15+. The monoisotopic (exact) mass is 339 g/mol. The zero-order chi connectivity index (χ0) is 18.2. The molecular weight excluding hydrogens is 322 g/mol. The summed E-state index contributed by atoms with van der Waals surface area (Å²) in [6.45, 7) is 0.417. The van der Waals surface area contributed by atoms with Gasteiger partial charge in [-0.25, -0.2) is 0 Å². The van der Waals surface area contributed by atoms with E-state index in [4.69, 9.17) is 4.74 Å². The number of carbonyl (C=O) groups excluding carboxylic acids is 1. The Labute approximate surface area is 152 Å². The molecule has 26 heavy (non-hydrogen) atoms. The topological polar surface area (TPSA) is 50.1 Å². The first-order valence-corrected chi connectivity index (χ1v) is 8.25. The first-order chi connectivity index (χ1) is 12.8. The van der Waals surface area contributed by atoms with Crippen molar-refractivity contribution in [1.29, 1.82) is 5.26 Å². The molecule has 0 aliphatic rings. The number of nitriles is 1. The zero-order valence-electron chi connectivity index (χ0n) is 14.1. The van der Waals surface area contributed by atoms with Crippen molar-refractivity contribution in [2.75, 3.05) is 0 Å². The lowest BCUT2D eigenvalue weighted by atomic mass is 10.0. The van der Waals surface area contributed by atoms with Crippen LogP contribution in [0.25, 0.3) is 6.08 Å². The lowest BCUT2D eigenvalue weighted by Gasteiger charge is -2.09. The van der Waals surface area contributed by atoms with Crippen LogP contribution in [0.1, 0.15) is 21.5 Å². The fraction of sp³-hybridized carbons (Fsp3) is 0.0435. The van der Waals surface area contributed by atoms with Gasteiger partial charge in [-0.2, -0.15) is 5.26 Å². The van der Waals surface area contributed by atoms with Gasteiger partial charge in [0, 0.05) is 11.1 Å². The zero-order valence-corrected chi connectivity index (χ0v) is 14.1. The fourth-order valence-corrected chi connectivity index (χ4v) is 2.52. The third-order valence-electron chi connectivity index (χ3n) is 3.86. The van der Waals surface area contributed by atoms with Gasteiger partial charge in [-0.05, 0) is 17.7 Å². The molecule has 0 fully saturated rings. The van der Waals surface area contributed by atoms with Gasteiger partial charge in [-0.3, -0.25) is 4.79 Å². The summed E-state index contributed by atoms with van der Waals surface area (Å²) in [4.78, 5) is 12.5. The Morgan fingerprint density at radius 1 is 0.885 bits per heavy atom. The number of Topliss-reactive ketones (excluding diaryl/α,β-unsaturated/α-hetero) is 1. The van der Waals surface area contributed by atoms with Crippen molar-refractivity contribution in [2.24, 2.45) is 0 Å². The average Bonchev–Trinajstić information content (AvgIpc) is 2.72. The molecule has 0 bridgehead atoms. The molecule has 0 radical (unpaired) electrons. The van der Waals surface area contributed by atoms with Crippen LogP contribution in [0.5, 0.6) is 5.75 Å². The van der Waals surface area contributed by atoms with E-state index in [0.29, 0.717) is 23.5 Å². The summed E-state index contributed by atoms with van der Waals surface area (Å²) in [7, 11) is 0. The maximum Gasteiger partial charge on any atom is 0.203 e. The van der Waals surface area contributed by atoms with Gasteiger partial charge in [0.15, 0.2) is 0 Å². The highest BCUT2D eigenvalue weighted by atomic mass is 16.5. The predicted octanol–water partition coefficient (Wildman–Crippen LogP) is 5.06. The molecule has 0 aliphatic carbocycles. The molecule has 0 spiro atoms. The van der Waals surface area contributed by atoms with Crippen molar-refractivity contribution >= 4 is 11.9 Å².